The number of rotatable bonds is 4. The molecule has 1 saturated heterocycles. The number of ketones is 2. The van der Waals surface area contributed by atoms with Gasteiger partial charge in [0.15, 0.2) is 17.7 Å². The van der Waals surface area contributed by atoms with Crippen molar-refractivity contribution in [2.75, 3.05) is 7.11 Å². The van der Waals surface area contributed by atoms with Crippen LogP contribution < -0.4 is 0 Å². The second kappa shape index (κ2) is 10.2. The van der Waals surface area contributed by atoms with Crippen molar-refractivity contribution in [2.24, 2.45) is 5.92 Å². The van der Waals surface area contributed by atoms with Crippen LogP contribution in [0.25, 0.3) is 0 Å². The van der Waals surface area contributed by atoms with E-state index in [0.29, 0.717) is 0 Å². The molecule has 3 aliphatic rings. The second-order valence-electron chi connectivity index (χ2n) is 9.16. The Balaban J connectivity index is 2.16. The van der Waals surface area contributed by atoms with E-state index in [2.05, 4.69) is 6.58 Å². The number of esters is 4. The highest BCUT2D eigenvalue weighted by molar-refractivity contribution is 6.07. The molecule has 0 unspecified atom stereocenters. The van der Waals surface area contributed by atoms with Gasteiger partial charge in [-0.2, -0.15) is 0 Å². The van der Waals surface area contributed by atoms with E-state index in [9.17, 15) is 28.8 Å². The molecule has 194 valence electrons. The average molecular weight is 504 g/mol. The first-order chi connectivity index (χ1) is 16.8. The molecule has 0 radical (unpaired) electrons. The molecule has 0 saturated carbocycles. The van der Waals surface area contributed by atoms with Gasteiger partial charge in [0.05, 0.1) is 12.7 Å². The molecular weight excluding hydrogens is 476 g/mol. The van der Waals surface area contributed by atoms with Crippen LogP contribution in [-0.4, -0.2) is 72.6 Å². The molecule has 0 aromatic rings. The molecule has 1 fully saturated rings. The zero-order valence-electron chi connectivity index (χ0n) is 20.7. The Morgan fingerprint density at radius 1 is 1.11 bits per heavy atom. The van der Waals surface area contributed by atoms with Crippen LogP contribution in [0.1, 0.15) is 40.5 Å². The molecule has 0 N–H and O–H groups in total. The van der Waals surface area contributed by atoms with Crippen molar-refractivity contribution in [3.63, 3.8) is 0 Å². The van der Waals surface area contributed by atoms with Gasteiger partial charge in [-0.15, -0.1) is 0 Å². The van der Waals surface area contributed by atoms with Crippen molar-refractivity contribution >= 4 is 35.4 Å². The minimum Gasteiger partial charge on any atom is -0.466 e. The standard InChI is InChI=1S/C25H28O11/c1-11-7-18(28)22-25(5,36-22)10-15-8-17(24(31)35-15)19(33-13(3)26)9-16(12(2)23(30)32-6)21(20(11)29)34-14(4)27/h7-8,15-16,19,21-22H,2,9-10H2,1,3-6H3/b11-7-/t15-,16+,19-,21+,22+,25-/m1/s1. The maximum absolute atomic E-state index is 13.4. The van der Waals surface area contributed by atoms with Gasteiger partial charge in [0.1, 0.15) is 23.9 Å². The van der Waals surface area contributed by atoms with Crippen molar-refractivity contribution in [2.45, 2.75) is 70.6 Å². The van der Waals surface area contributed by atoms with Crippen LogP contribution in [0.5, 0.6) is 0 Å². The van der Waals surface area contributed by atoms with Crippen molar-refractivity contribution < 1.29 is 52.5 Å². The highest BCUT2D eigenvalue weighted by Crippen LogP contribution is 2.43. The predicted molar refractivity (Wildman–Crippen MR) is 120 cm³/mol. The van der Waals surface area contributed by atoms with Crippen LogP contribution in [0.15, 0.2) is 35.5 Å². The summed E-state index contributed by atoms with van der Waals surface area (Å²) in [5, 5.41) is 0. The first-order valence-electron chi connectivity index (χ1n) is 11.3. The lowest BCUT2D eigenvalue weighted by atomic mass is 9.82. The third-order valence-corrected chi connectivity index (χ3v) is 6.29. The summed E-state index contributed by atoms with van der Waals surface area (Å²) in [6.45, 7) is 8.94. The summed E-state index contributed by atoms with van der Waals surface area (Å²) in [4.78, 5) is 75.3. The van der Waals surface area contributed by atoms with Crippen molar-refractivity contribution in [3.05, 3.63) is 35.5 Å². The largest absolute Gasteiger partial charge is 0.466 e. The van der Waals surface area contributed by atoms with Gasteiger partial charge in [0.25, 0.3) is 0 Å². The number of epoxide rings is 1. The fourth-order valence-electron chi connectivity index (χ4n) is 4.48. The predicted octanol–water partition coefficient (Wildman–Crippen LogP) is 1.08. The van der Waals surface area contributed by atoms with Gasteiger partial charge >= 0.3 is 23.9 Å². The molecule has 11 heteroatoms. The molecule has 0 aromatic carbocycles. The summed E-state index contributed by atoms with van der Waals surface area (Å²) < 4.78 is 26.4. The van der Waals surface area contributed by atoms with E-state index in [1.54, 1.807) is 6.92 Å². The van der Waals surface area contributed by atoms with Gasteiger partial charge in [0.2, 0.25) is 0 Å². The number of methoxy groups -OCH3 is 1. The van der Waals surface area contributed by atoms with Crippen molar-refractivity contribution in [1.82, 2.24) is 0 Å². The third-order valence-electron chi connectivity index (χ3n) is 6.29. The van der Waals surface area contributed by atoms with Gasteiger partial charge in [-0.3, -0.25) is 19.2 Å². The number of hydrogen-bond acceptors (Lipinski definition) is 11. The second-order valence-corrected chi connectivity index (χ2v) is 9.16. The van der Waals surface area contributed by atoms with Gasteiger partial charge in [-0.05, 0) is 31.6 Å². The Kier molecular flexibility index (Phi) is 7.63. The number of Topliss-reactive ketones (excluding diaryl/α,β-unsaturated/α-hetero) is 1. The maximum atomic E-state index is 13.4. The maximum Gasteiger partial charge on any atom is 0.338 e. The Bertz CT molecular complexity index is 1100. The minimum atomic E-state index is -1.64. The summed E-state index contributed by atoms with van der Waals surface area (Å²) in [7, 11) is 1.10. The lowest BCUT2D eigenvalue weighted by Crippen LogP contribution is -2.40. The van der Waals surface area contributed by atoms with E-state index in [1.165, 1.54) is 13.0 Å². The number of ether oxygens (including phenoxy) is 5. The molecule has 0 amide bonds. The quantitative estimate of drug-likeness (QED) is 0.234. The van der Waals surface area contributed by atoms with Crippen LogP contribution >= 0.6 is 0 Å². The molecule has 2 bridgehead atoms. The highest BCUT2D eigenvalue weighted by atomic mass is 16.6. The van der Waals surface area contributed by atoms with Gasteiger partial charge in [-0.25, -0.2) is 9.59 Å². The number of hydrogen-bond donors (Lipinski definition) is 0. The van der Waals surface area contributed by atoms with Crippen LogP contribution in [0.2, 0.25) is 0 Å². The lowest BCUT2D eigenvalue weighted by molar-refractivity contribution is -0.157. The van der Waals surface area contributed by atoms with Crippen molar-refractivity contribution in [3.8, 4) is 0 Å². The molecule has 36 heavy (non-hydrogen) atoms. The summed E-state index contributed by atoms with van der Waals surface area (Å²) in [6, 6.07) is 0. The molecule has 6 atom stereocenters. The molecule has 2 heterocycles. The van der Waals surface area contributed by atoms with E-state index in [1.807, 2.05) is 0 Å². The van der Waals surface area contributed by atoms with E-state index < -0.39 is 71.4 Å². The summed E-state index contributed by atoms with van der Waals surface area (Å²) in [5.41, 5.74) is -1.28. The van der Waals surface area contributed by atoms with Crippen LogP contribution in [0, 0.1) is 5.92 Å². The smallest absolute Gasteiger partial charge is 0.338 e. The topological polar surface area (TPSA) is 152 Å². The van der Waals surface area contributed by atoms with E-state index in [-0.39, 0.29) is 29.6 Å². The van der Waals surface area contributed by atoms with Crippen LogP contribution in [0.3, 0.4) is 0 Å². The molecule has 0 aromatic heterocycles. The molecule has 0 spiro atoms. The fourth-order valence-corrected chi connectivity index (χ4v) is 4.48. The van der Waals surface area contributed by atoms with Crippen molar-refractivity contribution in [1.29, 1.82) is 0 Å². The molecule has 2 aliphatic heterocycles. The third kappa shape index (κ3) is 5.62. The zero-order valence-corrected chi connectivity index (χ0v) is 20.7. The average Bonchev–Trinajstić information content (AvgIpc) is 3.32. The first kappa shape index (κ1) is 27.0. The summed E-state index contributed by atoms with van der Waals surface area (Å²) in [6.07, 6.45) is -2.20. The zero-order chi connectivity index (χ0) is 26.9. The Hall–Kier alpha value is -3.60. The van der Waals surface area contributed by atoms with E-state index in [4.69, 9.17) is 23.7 Å². The summed E-state index contributed by atoms with van der Waals surface area (Å²) in [5.74, 6) is -5.83. The number of carbonyl (C=O) groups is 6. The van der Waals surface area contributed by atoms with Gasteiger partial charge in [-0.1, -0.05) is 6.58 Å². The Labute approximate surface area is 207 Å². The van der Waals surface area contributed by atoms with Gasteiger partial charge < -0.3 is 23.7 Å². The van der Waals surface area contributed by atoms with Crippen LogP contribution in [0.4, 0.5) is 0 Å². The molecule has 11 nitrogen and oxygen atoms in total. The molecule has 3 rings (SSSR count). The number of carbonyl (C=O) groups excluding carboxylic acids is 6. The minimum absolute atomic E-state index is 0.0247. The van der Waals surface area contributed by atoms with E-state index >= 15 is 0 Å². The lowest BCUT2D eigenvalue weighted by Gasteiger charge is -2.29. The number of fused-ring (bicyclic) bond motifs is 2. The normalized spacial score (nSPS) is 33.6. The monoisotopic (exact) mass is 504 g/mol. The Morgan fingerprint density at radius 3 is 2.33 bits per heavy atom. The van der Waals surface area contributed by atoms with Crippen LogP contribution in [-0.2, 0) is 52.5 Å². The van der Waals surface area contributed by atoms with Gasteiger partial charge in [0, 0.05) is 38.2 Å². The molecular formula is C25H28O11. The summed E-state index contributed by atoms with van der Waals surface area (Å²) >= 11 is 0. The Morgan fingerprint density at radius 2 is 1.75 bits per heavy atom. The fraction of sp³-hybridized carbons (Fsp3) is 0.520. The first-order valence-corrected chi connectivity index (χ1v) is 11.3. The van der Waals surface area contributed by atoms with E-state index in [0.717, 1.165) is 27.0 Å². The molecule has 1 aliphatic carbocycles. The SMILES string of the molecule is C=C(C(=O)OC)[C@@H]1C[C@@H](OC(C)=O)C2=C[C@H](C[C@@]3(C)O[C@H]3C(=O)/C=C(/C)C(=O)[C@H]1OC(C)=O)OC2=O. The highest BCUT2D eigenvalue weighted by Gasteiger charge is 2.58.